The van der Waals surface area contributed by atoms with Crippen LogP contribution < -0.4 is 5.73 Å². The average molecular weight is 239 g/mol. The van der Waals surface area contributed by atoms with Gasteiger partial charge in [0.2, 0.25) is 0 Å². The molecule has 2 N–H and O–H groups in total. The van der Waals surface area contributed by atoms with Crippen LogP contribution in [0.15, 0.2) is 30.4 Å². The van der Waals surface area contributed by atoms with E-state index < -0.39 is 0 Å². The van der Waals surface area contributed by atoms with Crippen molar-refractivity contribution in [1.29, 1.82) is 0 Å². The second-order valence-electron chi connectivity index (χ2n) is 6.65. The minimum atomic E-state index is 0.237. The molecular formula is C17H21N. The van der Waals surface area contributed by atoms with Gasteiger partial charge in [0.15, 0.2) is 0 Å². The highest BCUT2D eigenvalue weighted by Crippen LogP contribution is 2.68. The van der Waals surface area contributed by atoms with E-state index in [1.807, 2.05) is 0 Å². The van der Waals surface area contributed by atoms with Gasteiger partial charge in [-0.25, -0.2) is 0 Å². The monoisotopic (exact) mass is 239 g/mol. The van der Waals surface area contributed by atoms with Gasteiger partial charge in [0.1, 0.15) is 0 Å². The summed E-state index contributed by atoms with van der Waals surface area (Å²) in [6, 6.07) is 6.98. The van der Waals surface area contributed by atoms with E-state index in [0.717, 1.165) is 12.3 Å². The van der Waals surface area contributed by atoms with E-state index in [2.05, 4.69) is 31.7 Å². The van der Waals surface area contributed by atoms with E-state index in [1.54, 1.807) is 5.56 Å². The van der Waals surface area contributed by atoms with Crippen LogP contribution >= 0.6 is 0 Å². The number of allylic oxidation sites excluding steroid dienone is 1. The average Bonchev–Trinajstić information content (AvgIpc) is 2.75. The topological polar surface area (TPSA) is 26.0 Å². The molecule has 2 saturated carbocycles. The number of hydrogen-bond donors (Lipinski definition) is 1. The van der Waals surface area contributed by atoms with Crippen LogP contribution in [0.25, 0.3) is 0 Å². The molecule has 0 radical (unpaired) electrons. The summed E-state index contributed by atoms with van der Waals surface area (Å²) in [6.45, 7) is 6.53. The predicted octanol–water partition coefficient (Wildman–Crippen LogP) is 3.84. The van der Waals surface area contributed by atoms with E-state index >= 15 is 0 Å². The summed E-state index contributed by atoms with van der Waals surface area (Å²) in [6.07, 6.45) is 5.09. The van der Waals surface area contributed by atoms with Crippen LogP contribution in [-0.2, 0) is 0 Å². The molecule has 0 aliphatic heterocycles. The number of aryl methyl sites for hydroxylation is 1. The van der Waals surface area contributed by atoms with Crippen molar-refractivity contribution in [3.8, 4) is 0 Å². The van der Waals surface area contributed by atoms with Gasteiger partial charge in [-0.05, 0) is 61.1 Å². The van der Waals surface area contributed by atoms with E-state index in [-0.39, 0.29) is 6.04 Å². The predicted molar refractivity (Wildman–Crippen MR) is 74.4 cm³/mol. The lowest BCUT2D eigenvalue weighted by molar-refractivity contribution is 0.153. The zero-order valence-electron chi connectivity index (χ0n) is 11.1. The summed E-state index contributed by atoms with van der Waals surface area (Å²) in [5.41, 5.74) is 12.9. The van der Waals surface area contributed by atoms with Gasteiger partial charge in [0.25, 0.3) is 0 Å². The van der Waals surface area contributed by atoms with Crippen LogP contribution in [0.1, 0.15) is 54.3 Å². The highest BCUT2D eigenvalue weighted by atomic mass is 14.8. The Bertz CT molecular complexity index is 545. The van der Waals surface area contributed by atoms with Crippen molar-refractivity contribution in [2.45, 2.75) is 44.6 Å². The molecule has 1 heteroatoms. The highest BCUT2D eigenvalue weighted by Gasteiger charge is 2.58. The van der Waals surface area contributed by atoms with Crippen LogP contribution in [0, 0.1) is 18.3 Å². The fourth-order valence-corrected chi connectivity index (χ4v) is 5.11. The molecule has 94 valence electrons. The summed E-state index contributed by atoms with van der Waals surface area (Å²) < 4.78 is 0. The largest absolute Gasteiger partial charge is 0.323 e. The van der Waals surface area contributed by atoms with Gasteiger partial charge < -0.3 is 5.73 Å². The molecule has 0 saturated heterocycles. The summed E-state index contributed by atoms with van der Waals surface area (Å²) in [5, 5.41) is 0. The minimum Gasteiger partial charge on any atom is -0.323 e. The van der Waals surface area contributed by atoms with E-state index in [9.17, 15) is 0 Å². The standard InChI is InChI=1S/C17H21N/c1-10-4-3-5-13-14-7-6-12-9-17(14,8-11(12)2)16(18)15(10)13/h3-5,12,14,16H,2,6-9,18H2,1H3. The van der Waals surface area contributed by atoms with Crippen LogP contribution in [0.2, 0.25) is 0 Å². The number of rotatable bonds is 0. The first kappa shape index (κ1) is 10.8. The minimum absolute atomic E-state index is 0.237. The molecule has 3 aliphatic rings. The first-order valence-corrected chi connectivity index (χ1v) is 7.16. The summed E-state index contributed by atoms with van der Waals surface area (Å²) >= 11 is 0. The molecule has 1 spiro atoms. The van der Waals surface area contributed by atoms with Crippen molar-refractivity contribution < 1.29 is 0 Å². The smallest absolute Gasteiger partial charge is 0.0366 e. The van der Waals surface area contributed by atoms with Crippen molar-refractivity contribution in [1.82, 2.24) is 0 Å². The molecule has 18 heavy (non-hydrogen) atoms. The second-order valence-corrected chi connectivity index (χ2v) is 6.65. The van der Waals surface area contributed by atoms with Crippen molar-refractivity contribution in [3.63, 3.8) is 0 Å². The quantitative estimate of drug-likeness (QED) is 0.684. The maximum absolute atomic E-state index is 6.70. The number of benzene rings is 1. The van der Waals surface area contributed by atoms with E-state index in [4.69, 9.17) is 5.73 Å². The summed E-state index contributed by atoms with van der Waals surface area (Å²) in [5.74, 6) is 1.44. The summed E-state index contributed by atoms with van der Waals surface area (Å²) in [7, 11) is 0. The maximum Gasteiger partial charge on any atom is 0.0366 e. The first-order valence-electron chi connectivity index (χ1n) is 7.16. The van der Waals surface area contributed by atoms with Crippen LogP contribution in [-0.4, -0.2) is 0 Å². The molecule has 4 unspecified atom stereocenters. The van der Waals surface area contributed by atoms with Gasteiger partial charge >= 0.3 is 0 Å². The fraction of sp³-hybridized carbons (Fsp3) is 0.529. The second kappa shape index (κ2) is 3.27. The molecule has 1 aromatic rings. The number of nitrogens with two attached hydrogens (primary N) is 1. The molecule has 4 rings (SSSR count). The highest BCUT2D eigenvalue weighted by molar-refractivity contribution is 5.49. The first-order chi connectivity index (χ1) is 8.63. The van der Waals surface area contributed by atoms with Crippen LogP contribution in [0.5, 0.6) is 0 Å². The molecule has 3 aliphatic carbocycles. The van der Waals surface area contributed by atoms with Gasteiger partial charge in [0.05, 0.1) is 0 Å². The lowest BCUT2D eigenvalue weighted by atomic mass is 9.66. The van der Waals surface area contributed by atoms with Gasteiger partial charge in [-0.3, -0.25) is 0 Å². The molecule has 0 aromatic heterocycles. The lowest BCUT2D eigenvalue weighted by Gasteiger charge is -2.39. The zero-order valence-corrected chi connectivity index (χ0v) is 11.1. The molecule has 1 aromatic carbocycles. The lowest BCUT2D eigenvalue weighted by Crippen LogP contribution is -2.34. The van der Waals surface area contributed by atoms with Gasteiger partial charge in [0, 0.05) is 11.5 Å². The Kier molecular flexibility index (Phi) is 1.96. The maximum atomic E-state index is 6.70. The van der Waals surface area contributed by atoms with Crippen molar-refractivity contribution in [3.05, 3.63) is 47.0 Å². The van der Waals surface area contributed by atoms with E-state index in [0.29, 0.717) is 11.3 Å². The molecule has 2 bridgehead atoms. The van der Waals surface area contributed by atoms with Gasteiger partial charge in [-0.1, -0.05) is 30.4 Å². The molecular weight excluding hydrogens is 218 g/mol. The Morgan fingerprint density at radius 3 is 3.00 bits per heavy atom. The van der Waals surface area contributed by atoms with E-state index in [1.165, 1.54) is 36.0 Å². The van der Waals surface area contributed by atoms with Crippen LogP contribution in [0.4, 0.5) is 0 Å². The van der Waals surface area contributed by atoms with Crippen molar-refractivity contribution >= 4 is 0 Å². The Labute approximate surface area is 109 Å². The number of fused-ring (bicyclic) bond motifs is 3. The van der Waals surface area contributed by atoms with Crippen molar-refractivity contribution in [2.24, 2.45) is 17.1 Å². The summed E-state index contributed by atoms with van der Waals surface area (Å²) in [4.78, 5) is 0. The molecule has 0 amide bonds. The normalized spacial score (nSPS) is 40.8. The SMILES string of the molecule is C=C1CC23CC1CCC2c1cccc(C)c1C3N. The molecule has 4 atom stereocenters. The molecule has 2 fully saturated rings. The third kappa shape index (κ3) is 1.07. The zero-order chi connectivity index (χ0) is 12.5. The molecule has 0 heterocycles. The fourth-order valence-electron chi connectivity index (χ4n) is 5.11. The van der Waals surface area contributed by atoms with Crippen molar-refractivity contribution in [2.75, 3.05) is 0 Å². The Morgan fingerprint density at radius 1 is 1.33 bits per heavy atom. The number of hydrogen-bond acceptors (Lipinski definition) is 1. The Balaban J connectivity index is 1.93. The van der Waals surface area contributed by atoms with Gasteiger partial charge in [-0.2, -0.15) is 0 Å². The third-order valence-corrected chi connectivity index (χ3v) is 5.92. The van der Waals surface area contributed by atoms with Crippen LogP contribution in [0.3, 0.4) is 0 Å². The third-order valence-electron chi connectivity index (χ3n) is 5.92. The van der Waals surface area contributed by atoms with Gasteiger partial charge in [-0.15, -0.1) is 0 Å². The molecule has 1 nitrogen and oxygen atoms in total. The Morgan fingerprint density at radius 2 is 2.17 bits per heavy atom. The Hall–Kier alpha value is -1.08.